The summed E-state index contributed by atoms with van der Waals surface area (Å²) in [5, 5.41) is 12.4. The van der Waals surface area contributed by atoms with Gasteiger partial charge in [0.25, 0.3) is 11.7 Å². The van der Waals surface area contributed by atoms with Gasteiger partial charge in [0.2, 0.25) is 0 Å². The van der Waals surface area contributed by atoms with Crippen LogP contribution in [0, 0.1) is 0 Å². The van der Waals surface area contributed by atoms with Gasteiger partial charge in [-0.2, -0.15) is 0 Å². The van der Waals surface area contributed by atoms with E-state index in [-0.39, 0.29) is 17.9 Å². The van der Waals surface area contributed by atoms with E-state index in [1.165, 1.54) is 12.0 Å². The summed E-state index contributed by atoms with van der Waals surface area (Å²) in [6.45, 7) is 0.267. The summed E-state index contributed by atoms with van der Waals surface area (Å²) in [6, 6.07) is 19.2. The Morgan fingerprint density at radius 3 is 2.51 bits per heavy atom. The molecule has 4 aromatic rings. The Morgan fingerprint density at radius 1 is 1.03 bits per heavy atom. The van der Waals surface area contributed by atoms with Crippen LogP contribution in [-0.4, -0.2) is 47.4 Å². The molecule has 0 spiro atoms. The number of halogens is 1. The van der Waals surface area contributed by atoms with Crippen molar-refractivity contribution < 1.29 is 24.2 Å². The molecule has 0 bridgehead atoms. The number of amides is 1. The minimum Gasteiger partial charge on any atom is -0.507 e. The van der Waals surface area contributed by atoms with Crippen molar-refractivity contribution in [2.75, 3.05) is 20.8 Å². The summed E-state index contributed by atoms with van der Waals surface area (Å²) < 4.78 is 11.8. The maximum Gasteiger partial charge on any atom is 0.295 e. The maximum atomic E-state index is 13.4. The van der Waals surface area contributed by atoms with Crippen LogP contribution in [-0.2, 0) is 16.0 Å². The molecule has 7 nitrogen and oxygen atoms in total. The first-order chi connectivity index (χ1) is 17.9. The zero-order valence-corrected chi connectivity index (χ0v) is 21.9. The highest BCUT2D eigenvalue weighted by atomic mass is 79.9. The minimum absolute atomic E-state index is 0.0229. The van der Waals surface area contributed by atoms with Crippen LogP contribution in [0.3, 0.4) is 0 Å². The molecular weight excluding hydrogens is 536 g/mol. The van der Waals surface area contributed by atoms with Crippen molar-refractivity contribution >= 4 is 44.3 Å². The van der Waals surface area contributed by atoms with Gasteiger partial charge in [0.1, 0.15) is 17.3 Å². The molecule has 5 rings (SSSR count). The second-order valence-corrected chi connectivity index (χ2v) is 9.63. The number of methoxy groups -OCH3 is 2. The van der Waals surface area contributed by atoms with E-state index < -0.39 is 17.7 Å². The van der Waals surface area contributed by atoms with Gasteiger partial charge in [-0.3, -0.25) is 9.59 Å². The highest BCUT2D eigenvalue weighted by molar-refractivity contribution is 9.10. The fourth-order valence-corrected chi connectivity index (χ4v) is 5.09. The normalized spacial score (nSPS) is 16.9. The topological polar surface area (TPSA) is 91.9 Å². The first-order valence-corrected chi connectivity index (χ1v) is 12.5. The zero-order chi connectivity index (χ0) is 26.1. The molecule has 1 aliphatic rings. The molecule has 1 atom stereocenters. The summed E-state index contributed by atoms with van der Waals surface area (Å²) in [4.78, 5) is 31.5. The van der Waals surface area contributed by atoms with E-state index in [9.17, 15) is 14.7 Å². The van der Waals surface area contributed by atoms with Gasteiger partial charge in [-0.1, -0.05) is 46.3 Å². The van der Waals surface area contributed by atoms with E-state index in [1.54, 1.807) is 49.6 Å². The number of fused-ring (bicyclic) bond motifs is 1. The Kier molecular flexibility index (Phi) is 6.76. The quantitative estimate of drug-likeness (QED) is 0.174. The number of nitrogens with one attached hydrogen (secondary N) is 1. The molecule has 1 aromatic heterocycles. The Labute approximate surface area is 222 Å². The van der Waals surface area contributed by atoms with E-state index >= 15 is 0 Å². The number of Topliss-reactive ketones (excluding diaryl/α,β-unsaturated/α-hetero) is 1. The number of hydrogen-bond donors (Lipinski definition) is 2. The van der Waals surface area contributed by atoms with E-state index in [1.807, 2.05) is 30.5 Å². The number of aliphatic hydroxyl groups is 1. The number of H-pyrrole nitrogens is 1. The van der Waals surface area contributed by atoms with Crippen molar-refractivity contribution in [3.8, 4) is 11.5 Å². The average Bonchev–Trinajstić information content (AvgIpc) is 3.45. The van der Waals surface area contributed by atoms with Crippen LogP contribution in [0.25, 0.3) is 16.7 Å². The van der Waals surface area contributed by atoms with Crippen LogP contribution in [0.5, 0.6) is 11.5 Å². The Balaban J connectivity index is 1.61. The Hall–Kier alpha value is -4.04. The monoisotopic (exact) mass is 560 g/mol. The van der Waals surface area contributed by atoms with Crippen molar-refractivity contribution in [1.82, 2.24) is 9.88 Å². The van der Waals surface area contributed by atoms with Crippen molar-refractivity contribution in [1.29, 1.82) is 0 Å². The first kappa shape index (κ1) is 24.6. The molecule has 3 aromatic carbocycles. The summed E-state index contributed by atoms with van der Waals surface area (Å²) >= 11 is 3.39. The number of aromatic amines is 1. The first-order valence-electron chi connectivity index (χ1n) is 11.7. The standard InChI is InChI=1S/C29H25BrN2O5/c1-36-20-11-12-22(24(15-20)37-2)26-25(27(33)17-7-9-19(30)10-8-17)28(34)29(35)32(26)14-13-18-16-31-23-6-4-3-5-21(18)23/h3-12,15-16,26,31,33H,13-14H2,1-2H3/b27-25+. The smallest absolute Gasteiger partial charge is 0.295 e. The summed E-state index contributed by atoms with van der Waals surface area (Å²) in [6.07, 6.45) is 2.44. The summed E-state index contributed by atoms with van der Waals surface area (Å²) in [5.41, 5.74) is 3.08. The SMILES string of the molecule is COc1ccc(C2/C(=C(\O)c3ccc(Br)cc3)C(=O)C(=O)N2CCc2c[nH]c3ccccc23)c(OC)c1. The maximum absolute atomic E-state index is 13.4. The van der Waals surface area contributed by atoms with Crippen molar-refractivity contribution in [2.45, 2.75) is 12.5 Å². The van der Waals surface area contributed by atoms with Gasteiger partial charge in [-0.05, 0) is 42.3 Å². The molecule has 0 aliphatic carbocycles. The van der Waals surface area contributed by atoms with Gasteiger partial charge in [0, 0.05) is 45.3 Å². The van der Waals surface area contributed by atoms with E-state index in [0.717, 1.165) is 20.9 Å². The number of ketones is 1. The minimum atomic E-state index is -0.838. The molecule has 1 saturated heterocycles. The second kappa shape index (κ2) is 10.1. The van der Waals surface area contributed by atoms with Gasteiger partial charge < -0.3 is 24.5 Å². The summed E-state index contributed by atoms with van der Waals surface area (Å²) in [5.74, 6) is -0.610. The number of rotatable bonds is 7. The number of para-hydroxylation sites is 1. The summed E-state index contributed by atoms with van der Waals surface area (Å²) in [7, 11) is 3.07. The average molecular weight is 561 g/mol. The number of ether oxygens (including phenoxy) is 2. The lowest BCUT2D eigenvalue weighted by molar-refractivity contribution is -0.139. The van der Waals surface area contributed by atoms with E-state index in [4.69, 9.17) is 9.47 Å². The highest BCUT2D eigenvalue weighted by Gasteiger charge is 2.47. The van der Waals surface area contributed by atoms with Crippen molar-refractivity contribution in [3.63, 3.8) is 0 Å². The van der Waals surface area contributed by atoms with Crippen LogP contribution in [0.15, 0.2) is 83.0 Å². The number of hydrogen-bond acceptors (Lipinski definition) is 5. The molecule has 8 heteroatoms. The number of carbonyl (C=O) groups is 2. The molecule has 1 unspecified atom stereocenters. The molecule has 1 aliphatic heterocycles. The predicted molar refractivity (Wildman–Crippen MR) is 145 cm³/mol. The van der Waals surface area contributed by atoms with Crippen LogP contribution < -0.4 is 9.47 Å². The van der Waals surface area contributed by atoms with Crippen molar-refractivity contribution in [2.24, 2.45) is 0 Å². The van der Waals surface area contributed by atoms with E-state index in [0.29, 0.717) is 29.0 Å². The number of carbonyl (C=O) groups excluding carboxylic acids is 2. The van der Waals surface area contributed by atoms with Crippen molar-refractivity contribution in [3.05, 3.63) is 99.7 Å². The van der Waals surface area contributed by atoms with Gasteiger partial charge in [0.05, 0.1) is 25.8 Å². The lowest BCUT2D eigenvalue weighted by atomic mass is 9.94. The molecular formula is C29H25BrN2O5. The van der Waals surface area contributed by atoms with Crippen LogP contribution in [0.4, 0.5) is 0 Å². The molecule has 1 amide bonds. The molecule has 0 saturated carbocycles. The number of nitrogens with zero attached hydrogens (tertiary/aromatic N) is 1. The fourth-order valence-electron chi connectivity index (χ4n) is 4.82. The Bertz CT molecular complexity index is 1520. The van der Waals surface area contributed by atoms with Gasteiger partial charge >= 0.3 is 0 Å². The number of benzene rings is 3. The molecule has 2 N–H and O–H groups in total. The van der Waals surface area contributed by atoms with E-state index in [2.05, 4.69) is 20.9 Å². The van der Waals surface area contributed by atoms with Crippen LogP contribution >= 0.6 is 15.9 Å². The number of likely N-dealkylation sites (tertiary alicyclic amines) is 1. The second-order valence-electron chi connectivity index (χ2n) is 8.72. The van der Waals surface area contributed by atoms with Crippen LogP contribution in [0.2, 0.25) is 0 Å². The van der Waals surface area contributed by atoms with Gasteiger partial charge in [0.15, 0.2) is 0 Å². The lowest BCUT2D eigenvalue weighted by Crippen LogP contribution is -2.31. The fraction of sp³-hybridized carbons (Fsp3) is 0.172. The molecule has 37 heavy (non-hydrogen) atoms. The number of aliphatic hydroxyl groups excluding tert-OH is 1. The third kappa shape index (κ3) is 4.49. The zero-order valence-electron chi connectivity index (χ0n) is 20.3. The third-order valence-electron chi connectivity index (χ3n) is 6.69. The number of aromatic nitrogens is 1. The molecule has 1 fully saturated rings. The lowest BCUT2D eigenvalue weighted by Gasteiger charge is -2.27. The molecule has 0 radical (unpaired) electrons. The molecule has 188 valence electrons. The van der Waals surface area contributed by atoms with Gasteiger partial charge in [-0.25, -0.2) is 0 Å². The highest BCUT2D eigenvalue weighted by Crippen LogP contribution is 2.44. The van der Waals surface area contributed by atoms with Crippen LogP contribution in [0.1, 0.15) is 22.7 Å². The molecule has 2 heterocycles. The Morgan fingerprint density at radius 2 is 1.78 bits per heavy atom. The predicted octanol–water partition coefficient (Wildman–Crippen LogP) is 5.61. The van der Waals surface area contributed by atoms with Gasteiger partial charge in [-0.15, -0.1) is 0 Å². The largest absolute Gasteiger partial charge is 0.507 e. The third-order valence-corrected chi connectivity index (χ3v) is 7.22.